The van der Waals surface area contributed by atoms with Gasteiger partial charge >= 0.3 is 0 Å². The number of nitrogens with one attached hydrogen (secondary N) is 1. The van der Waals surface area contributed by atoms with E-state index in [2.05, 4.69) is 5.32 Å². The van der Waals surface area contributed by atoms with Crippen LogP contribution in [0, 0.1) is 17.8 Å². The fourth-order valence-corrected chi connectivity index (χ4v) is 3.84. The van der Waals surface area contributed by atoms with Crippen molar-refractivity contribution in [1.82, 2.24) is 0 Å². The molecule has 0 unspecified atom stereocenters. The van der Waals surface area contributed by atoms with Gasteiger partial charge < -0.3 is 5.32 Å². The lowest BCUT2D eigenvalue weighted by molar-refractivity contribution is -0.121. The molecule has 3 rings (SSSR count). The first-order valence-electron chi connectivity index (χ1n) is 6.39. The van der Waals surface area contributed by atoms with Gasteiger partial charge in [0.05, 0.1) is 10.7 Å². The van der Waals surface area contributed by atoms with Crippen molar-refractivity contribution in [3.63, 3.8) is 0 Å². The Kier molecular flexibility index (Phi) is 3.25. The molecule has 0 heterocycles. The van der Waals surface area contributed by atoms with Crippen LogP contribution >= 0.6 is 23.2 Å². The third-order valence-corrected chi connectivity index (χ3v) is 4.81. The van der Waals surface area contributed by atoms with Crippen LogP contribution in [0.1, 0.15) is 25.7 Å². The van der Waals surface area contributed by atoms with E-state index in [4.69, 9.17) is 23.2 Å². The summed E-state index contributed by atoms with van der Waals surface area (Å²) in [6, 6.07) is 5.15. The van der Waals surface area contributed by atoms with E-state index >= 15 is 0 Å². The van der Waals surface area contributed by atoms with Crippen molar-refractivity contribution in [2.24, 2.45) is 17.8 Å². The average molecular weight is 284 g/mol. The van der Waals surface area contributed by atoms with Crippen LogP contribution in [0.15, 0.2) is 18.2 Å². The summed E-state index contributed by atoms with van der Waals surface area (Å²) in [6.45, 7) is 0. The molecule has 1 amide bonds. The number of benzene rings is 1. The second-order valence-electron chi connectivity index (χ2n) is 5.39. The van der Waals surface area contributed by atoms with E-state index in [1.165, 1.54) is 19.3 Å². The van der Waals surface area contributed by atoms with Gasteiger partial charge in [-0.2, -0.15) is 0 Å². The minimum absolute atomic E-state index is 0.117. The highest BCUT2D eigenvalue weighted by atomic mass is 35.5. The fourth-order valence-electron chi connectivity index (χ4n) is 3.38. The van der Waals surface area contributed by atoms with Gasteiger partial charge in [-0.25, -0.2) is 0 Å². The van der Waals surface area contributed by atoms with Crippen molar-refractivity contribution >= 4 is 34.8 Å². The van der Waals surface area contributed by atoms with E-state index in [1.807, 2.05) is 0 Å². The molecule has 3 atom stereocenters. The first kappa shape index (κ1) is 12.3. The summed E-state index contributed by atoms with van der Waals surface area (Å²) in [7, 11) is 0. The number of carbonyl (C=O) groups is 1. The maximum atomic E-state index is 12.2. The predicted octanol–water partition coefficient (Wildman–Crippen LogP) is 4.37. The minimum atomic E-state index is 0.117. The molecule has 96 valence electrons. The van der Waals surface area contributed by atoms with E-state index in [1.54, 1.807) is 18.2 Å². The summed E-state index contributed by atoms with van der Waals surface area (Å²) >= 11 is 11.9. The molecule has 2 nitrogen and oxygen atoms in total. The number of hydrogen-bond acceptors (Lipinski definition) is 1. The number of carbonyl (C=O) groups excluding carboxylic acids is 1. The Morgan fingerprint density at radius 1 is 1.22 bits per heavy atom. The van der Waals surface area contributed by atoms with Gasteiger partial charge in [0.2, 0.25) is 5.91 Å². The standard InChI is InChI=1S/C14H15Cl2NO/c15-10-3-4-13(12(16)7-10)17-14(18)11-6-8-1-2-9(11)5-8/h3-4,7-9,11H,1-2,5-6H2,(H,17,18)/t8-,9-,11+/m0/s1. The highest BCUT2D eigenvalue weighted by Gasteiger charge is 2.43. The third kappa shape index (κ3) is 2.24. The molecule has 1 aromatic carbocycles. The predicted molar refractivity (Wildman–Crippen MR) is 74.0 cm³/mol. The van der Waals surface area contributed by atoms with E-state index in [9.17, 15) is 4.79 Å². The maximum Gasteiger partial charge on any atom is 0.227 e. The largest absolute Gasteiger partial charge is 0.325 e. The summed E-state index contributed by atoms with van der Waals surface area (Å²) in [5.41, 5.74) is 0.661. The van der Waals surface area contributed by atoms with Crippen LogP contribution in [-0.4, -0.2) is 5.91 Å². The van der Waals surface area contributed by atoms with Gasteiger partial charge in [-0.05, 0) is 49.3 Å². The number of fused-ring (bicyclic) bond motifs is 2. The van der Waals surface area contributed by atoms with E-state index in [-0.39, 0.29) is 11.8 Å². The van der Waals surface area contributed by atoms with Gasteiger partial charge in [0.1, 0.15) is 0 Å². The molecule has 0 saturated heterocycles. The quantitative estimate of drug-likeness (QED) is 0.858. The normalized spacial score (nSPS) is 29.6. The Bertz CT molecular complexity index is 489. The van der Waals surface area contributed by atoms with Gasteiger partial charge in [0.15, 0.2) is 0 Å². The Morgan fingerprint density at radius 3 is 2.67 bits per heavy atom. The minimum Gasteiger partial charge on any atom is -0.325 e. The highest BCUT2D eigenvalue weighted by molar-refractivity contribution is 6.36. The van der Waals surface area contributed by atoms with Crippen LogP contribution < -0.4 is 5.32 Å². The summed E-state index contributed by atoms with van der Waals surface area (Å²) in [4.78, 5) is 12.2. The van der Waals surface area contributed by atoms with Crippen LogP contribution in [0.5, 0.6) is 0 Å². The van der Waals surface area contributed by atoms with E-state index in [0.29, 0.717) is 21.7 Å². The summed E-state index contributed by atoms with van der Waals surface area (Å²) < 4.78 is 0. The number of amides is 1. The highest BCUT2D eigenvalue weighted by Crippen LogP contribution is 2.48. The second-order valence-corrected chi connectivity index (χ2v) is 6.24. The number of rotatable bonds is 2. The fraction of sp³-hybridized carbons (Fsp3) is 0.500. The molecule has 0 aliphatic heterocycles. The lowest BCUT2D eigenvalue weighted by Crippen LogP contribution is -2.27. The summed E-state index contributed by atoms with van der Waals surface area (Å²) in [5.74, 6) is 1.65. The zero-order valence-electron chi connectivity index (χ0n) is 9.96. The number of hydrogen-bond donors (Lipinski definition) is 1. The molecule has 0 aromatic heterocycles. The van der Waals surface area contributed by atoms with Crippen molar-refractivity contribution in [3.05, 3.63) is 28.2 Å². The lowest BCUT2D eigenvalue weighted by atomic mass is 9.88. The number of anilines is 1. The van der Waals surface area contributed by atoms with Crippen molar-refractivity contribution in [2.75, 3.05) is 5.32 Å². The summed E-state index contributed by atoms with van der Waals surface area (Å²) in [6.07, 6.45) is 4.78. The summed E-state index contributed by atoms with van der Waals surface area (Å²) in [5, 5.41) is 4.02. The smallest absolute Gasteiger partial charge is 0.227 e. The molecule has 2 fully saturated rings. The van der Waals surface area contributed by atoms with Gasteiger partial charge in [0, 0.05) is 10.9 Å². The van der Waals surface area contributed by atoms with Crippen molar-refractivity contribution in [3.8, 4) is 0 Å². The Balaban J connectivity index is 1.71. The van der Waals surface area contributed by atoms with Crippen molar-refractivity contribution < 1.29 is 4.79 Å². The molecule has 2 bridgehead atoms. The molecule has 0 spiro atoms. The molecule has 0 radical (unpaired) electrons. The van der Waals surface area contributed by atoms with Gasteiger partial charge in [-0.15, -0.1) is 0 Å². The molecule has 18 heavy (non-hydrogen) atoms. The van der Waals surface area contributed by atoms with E-state index in [0.717, 1.165) is 12.3 Å². The number of halogens is 2. The molecule has 1 N–H and O–H groups in total. The maximum absolute atomic E-state index is 12.2. The van der Waals surface area contributed by atoms with Crippen molar-refractivity contribution in [1.29, 1.82) is 0 Å². The van der Waals surface area contributed by atoms with Gasteiger partial charge in [-0.3, -0.25) is 4.79 Å². The molecular weight excluding hydrogens is 269 g/mol. The molecule has 2 saturated carbocycles. The van der Waals surface area contributed by atoms with Crippen LogP contribution in [0.25, 0.3) is 0 Å². The van der Waals surface area contributed by atoms with Gasteiger partial charge in [0.25, 0.3) is 0 Å². The first-order chi connectivity index (χ1) is 8.63. The Labute approximate surface area is 117 Å². The third-order valence-electron chi connectivity index (χ3n) is 4.26. The first-order valence-corrected chi connectivity index (χ1v) is 7.15. The van der Waals surface area contributed by atoms with Crippen LogP contribution in [0.2, 0.25) is 10.0 Å². The monoisotopic (exact) mass is 283 g/mol. The molecule has 2 aliphatic rings. The zero-order chi connectivity index (χ0) is 12.7. The Morgan fingerprint density at radius 2 is 2.06 bits per heavy atom. The second kappa shape index (κ2) is 4.75. The van der Waals surface area contributed by atoms with Crippen LogP contribution in [0.3, 0.4) is 0 Å². The SMILES string of the molecule is O=C(Nc1ccc(Cl)cc1Cl)[C@@H]1C[C@H]2CC[C@H]1C2. The zero-order valence-corrected chi connectivity index (χ0v) is 11.5. The van der Waals surface area contributed by atoms with Crippen LogP contribution in [-0.2, 0) is 4.79 Å². The lowest BCUT2D eigenvalue weighted by Gasteiger charge is -2.21. The average Bonchev–Trinajstić information content (AvgIpc) is 2.94. The molecule has 1 aromatic rings. The topological polar surface area (TPSA) is 29.1 Å². The Hall–Kier alpha value is -0.730. The van der Waals surface area contributed by atoms with Crippen LogP contribution in [0.4, 0.5) is 5.69 Å². The van der Waals surface area contributed by atoms with Crippen molar-refractivity contribution in [2.45, 2.75) is 25.7 Å². The van der Waals surface area contributed by atoms with Gasteiger partial charge in [-0.1, -0.05) is 29.6 Å². The molecule has 2 aliphatic carbocycles. The molecular formula is C14H15Cl2NO. The molecule has 4 heteroatoms. The van der Waals surface area contributed by atoms with E-state index < -0.39 is 0 Å².